The number of sulfonamides is 2. The number of para-hydroxylation sites is 1. The van der Waals surface area contributed by atoms with Crippen molar-refractivity contribution in [3.8, 4) is 11.5 Å². The van der Waals surface area contributed by atoms with Crippen molar-refractivity contribution in [3.63, 3.8) is 0 Å². The largest absolute Gasteiger partial charge is 0.492 e. The molecule has 1 aromatic heterocycles. The first kappa shape index (κ1) is 29.2. The van der Waals surface area contributed by atoms with Gasteiger partial charge in [-0.3, -0.25) is 0 Å². The zero-order chi connectivity index (χ0) is 28.3. The Kier molecular flexibility index (Phi) is 9.01. The molecule has 218 valence electrons. The van der Waals surface area contributed by atoms with Gasteiger partial charge in [0, 0.05) is 37.2 Å². The van der Waals surface area contributed by atoms with Gasteiger partial charge in [-0.25, -0.2) is 26.5 Å². The Hall–Kier alpha value is -2.25. The Morgan fingerprint density at radius 1 is 0.900 bits per heavy atom. The molecule has 9 nitrogen and oxygen atoms in total. The molecule has 1 saturated heterocycles. The summed E-state index contributed by atoms with van der Waals surface area (Å²) in [5.41, 5.74) is 0.968. The molecule has 0 atom stereocenters. The normalized spacial score (nSPS) is 18.2. The molecule has 1 aliphatic heterocycles. The first-order chi connectivity index (χ1) is 19.2. The van der Waals surface area contributed by atoms with Crippen molar-refractivity contribution in [1.82, 2.24) is 14.0 Å². The number of rotatable bonds is 10. The third-order valence-corrected chi connectivity index (χ3v) is 12.2. The maximum atomic E-state index is 13.9. The van der Waals surface area contributed by atoms with Gasteiger partial charge < -0.3 is 9.47 Å². The summed E-state index contributed by atoms with van der Waals surface area (Å²) in [6.07, 6.45) is 5.91. The van der Waals surface area contributed by atoms with E-state index in [-0.39, 0.29) is 46.5 Å². The van der Waals surface area contributed by atoms with Crippen LogP contribution in [0.3, 0.4) is 0 Å². The van der Waals surface area contributed by atoms with Gasteiger partial charge >= 0.3 is 0 Å². The van der Waals surface area contributed by atoms with Gasteiger partial charge in [0.1, 0.15) is 21.3 Å². The molecule has 0 bridgehead atoms. The summed E-state index contributed by atoms with van der Waals surface area (Å²) in [5, 5.41) is 1.03. The van der Waals surface area contributed by atoms with Crippen molar-refractivity contribution in [2.45, 2.75) is 80.5 Å². The fraction of sp³-hybridized carbons (Fsp3) is 0.536. The van der Waals surface area contributed by atoms with Crippen LogP contribution in [-0.2, 0) is 20.0 Å². The van der Waals surface area contributed by atoms with E-state index in [4.69, 9.17) is 14.5 Å². The molecule has 3 aromatic rings. The van der Waals surface area contributed by atoms with Gasteiger partial charge in [0.15, 0.2) is 0 Å². The predicted molar refractivity (Wildman–Crippen MR) is 156 cm³/mol. The van der Waals surface area contributed by atoms with Gasteiger partial charge in [-0.05, 0) is 51.7 Å². The van der Waals surface area contributed by atoms with E-state index in [9.17, 15) is 16.8 Å². The maximum Gasteiger partial charge on any atom is 0.246 e. The SMILES string of the molecule is CCOc1cc(S(=O)(=O)N2CCC(c3nc4ccccc4s3)CC2)c(OCC)cc1S(=O)(=O)NC1CCCCC1. The van der Waals surface area contributed by atoms with Crippen LogP contribution in [0.2, 0.25) is 0 Å². The number of nitrogens with one attached hydrogen (secondary N) is 1. The van der Waals surface area contributed by atoms with Crippen molar-refractivity contribution in [2.24, 2.45) is 0 Å². The van der Waals surface area contributed by atoms with Crippen LogP contribution in [-0.4, -0.2) is 58.5 Å². The van der Waals surface area contributed by atoms with Crippen LogP contribution in [0.5, 0.6) is 11.5 Å². The summed E-state index contributed by atoms with van der Waals surface area (Å²) < 4.78 is 71.5. The van der Waals surface area contributed by atoms with E-state index in [0.717, 1.165) is 47.3 Å². The Labute approximate surface area is 241 Å². The molecule has 2 aromatic carbocycles. The molecule has 0 amide bonds. The molecule has 12 heteroatoms. The summed E-state index contributed by atoms with van der Waals surface area (Å²) in [5.74, 6) is 0.216. The fourth-order valence-electron chi connectivity index (χ4n) is 5.52. The van der Waals surface area contributed by atoms with Gasteiger partial charge in [-0.15, -0.1) is 11.3 Å². The summed E-state index contributed by atoms with van der Waals surface area (Å²) in [7, 11) is -7.94. The van der Waals surface area contributed by atoms with E-state index >= 15 is 0 Å². The zero-order valence-electron chi connectivity index (χ0n) is 23.0. The highest BCUT2D eigenvalue weighted by atomic mass is 32.2. The standard InChI is InChI=1S/C28H37N3O6S3/c1-3-36-23-19-27(24(37-4-2)18-26(23)39(32,33)30-21-10-6-5-7-11-21)40(34,35)31-16-14-20(15-17-31)28-29-22-12-8-9-13-25(22)38-28/h8-9,12-13,18-21,30H,3-7,10-11,14-17H2,1-2H3. The highest BCUT2D eigenvalue weighted by Crippen LogP contribution is 2.40. The van der Waals surface area contributed by atoms with E-state index in [0.29, 0.717) is 25.9 Å². The van der Waals surface area contributed by atoms with Crippen LogP contribution in [0.4, 0.5) is 0 Å². The Balaban J connectivity index is 1.41. The average Bonchev–Trinajstić information content (AvgIpc) is 3.39. The quantitative estimate of drug-likeness (QED) is 0.334. The lowest BCUT2D eigenvalue weighted by Gasteiger charge is -2.31. The minimum atomic E-state index is -3.98. The molecule has 2 fully saturated rings. The number of ether oxygens (including phenoxy) is 2. The molecular weight excluding hydrogens is 571 g/mol. The van der Waals surface area contributed by atoms with Gasteiger partial charge in [0.05, 0.1) is 28.4 Å². The number of hydrogen-bond acceptors (Lipinski definition) is 8. The minimum Gasteiger partial charge on any atom is -0.492 e. The molecular formula is C28H37N3O6S3. The highest BCUT2D eigenvalue weighted by molar-refractivity contribution is 7.90. The van der Waals surface area contributed by atoms with Gasteiger partial charge in [-0.1, -0.05) is 31.4 Å². The molecule has 1 aliphatic carbocycles. The number of aromatic nitrogens is 1. The summed E-state index contributed by atoms with van der Waals surface area (Å²) in [4.78, 5) is 4.60. The average molecular weight is 608 g/mol. The number of hydrogen-bond donors (Lipinski definition) is 1. The van der Waals surface area contributed by atoms with Crippen molar-refractivity contribution >= 4 is 41.6 Å². The lowest BCUT2D eigenvalue weighted by molar-refractivity contribution is 0.304. The van der Waals surface area contributed by atoms with Crippen molar-refractivity contribution in [1.29, 1.82) is 0 Å². The van der Waals surface area contributed by atoms with Crippen molar-refractivity contribution in [2.75, 3.05) is 26.3 Å². The van der Waals surface area contributed by atoms with Crippen molar-refractivity contribution in [3.05, 3.63) is 41.4 Å². The van der Waals surface area contributed by atoms with Crippen LogP contribution in [0.1, 0.15) is 69.7 Å². The van der Waals surface area contributed by atoms with Crippen molar-refractivity contribution < 1.29 is 26.3 Å². The first-order valence-corrected chi connectivity index (χ1v) is 17.8. The number of thiazole rings is 1. The van der Waals surface area contributed by atoms with E-state index < -0.39 is 20.0 Å². The second kappa shape index (κ2) is 12.3. The third-order valence-electron chi connectivity index (χ3n) is 7.56. The zero-order valence-corrected chi connectivity index (χ0v) is 25.4. The number of benzene rings is 2. The molecule has 5 rings (SSSR count). The lowest BCUT2D eigenvalue weighted by atomic mass is 9.96. The smallest absolute Gasteiger partial charge is 0.246 e. The van der Waals surface area contributed by atoms with Gasteiger partial charge in [0.2, 0.25) is 20.0 Å². The summed E-state index contributed by atoms with van der Waals surface area (Å²) >= 11 is 1.66. The van der Waals surface area contributed by atoms with Crippen LogP contribution in [0.25, 0.3) is 10.2 Å². The highest BCUT2D eigenvalue weighted by Gasteiger charge is 2.35. The summed E-state index contributed by atoms with van der Waals surface area (Å²) in [6.45, 7) is 4.52. The molecule has 2 aliphatic rings. The van der Waals surface area contributed by atoms with Crippen LogP contribution < -0.4 is 14.2 Å². The Bertz CT molecular complexity index is 1510. The summed E-state index contributed by atoms with van der Waals surface area (Å²) in [6, 6.07) is 10.5. The monoisotopic (exact) mass is 607 g/mol. The molecule has 0 radical (unpaired) electrons. The van der Waals surface area contributed by atoms with E-state index in [1.54, 1.807) is 25.2 Å². The number of nitrogens with zero attached hydrogens (tertiary/aromatic N) is 2. The van der Waals surface area contributed by atoms with Gasteiger partial charge in [-0.2, -0.15) is 4.31 Å². The second-order valence-corrected chi connectivity index (χ2v) is 14.9. The minimum absolute atomic E-state index is 0.0113. The Morgan fingerprint density at radius 2 is 1.52 bits per heavy atom. The molecule has 1 N–H and O–H groups in total. The molecule has 2 heterocycles. The number of piperidine rings is 1. The molecule has 0 unspecified atom stereocenters. The predicted octanol–water partition coefficient (Wildman–Crippen LogP) is 5.27. The van der Waals surface area contributed by atoms with E-state index in [2.05, 4.69) is 10.8 Å². The third kappa shape index (κ3) is 6.15. The maximum absolute atomic E-state index is 13.9. The van der Waals surface area contributed by atoms with E-state index in [1.165, 1.54) is 16.4 Å². The lowest BCUT2D eigenvalue weighted by Crippen LogP contribution is -2.38. The molecule has 40 heavy (non-hydrogen) atoms. The van der Waals surface area contributed by atoms with Crippen LogP contribution >= 0.6 is 11.3 Å². The van der Waals surface area contributed by atoms with Crippen LogP contribution in [0.15, 0.2) is 46.2 Å². The van der Waals surface area contributed by atoms with Gasteiger partial charge in [0.25, 0.3) is 0 Å². The Morgan fingerprint density at radius 3 is 2.17 bits per heavy atom. The number of fused-ring (bicyclic) bond motifs is 1. The second-order valence-electron chi connectivity index (χ2n) is 10.3. The molecule has 1 saturated carbocycles. The molecule has 0 spiro atoms. The topological polar surface area (TPSA) is 115 Å². The van der Waals surface area contributed by atoms with E-state index in [1.807, 2.05) is 18.2 Å². The van der Waals surface area contributed by atoms with Crippen LogP contribution in [0, 0.1) is 0 Å². The first-order valence-electron chi connectivity index (χ1n) is 14.0. The fourth-order valence-corrected chi connectivity index (χ4v) is 9.70.